The van der Waals surface area contributed by atoms with Crippen LogP contribution in [0.25, 0.3) is 0 Å². The van der Waals surface area contributed by atoms with Crippen molar-refractivity contribution in [1.82, 2.24) is 9.88 Å². The lowest BCUT2D eigenvalue weighted by atomic mass is 9.90. The van der Waals surface area contributed by atoms with Crippen molar-refractivity contribution < 1.29 is 32.5 Å². The molecule has 13 heteroatoms. The number of piperidine rings is 1. The van der Waals surface area contributed by atoms with Gasteiger partial charge in [0.1, 0.15) is 23.8 Å². The van der Waals surface area contributed by atoms with Gasteiger partial charge in [-0.25, -0.2) is 4.98 Å². The minimum absolute atomic E-state index is 0.0241. The molecule has 6 rings (SSSR count). The number of anilines is 1. The van der Waals surface area contributed by atoms with Gasteiger partial charge in [-0.05, 0) is 49.2 Å². The zero-order chi connectivity index (χ0) is 28.2. The SMILES string of the molecule is N[N+]12C=CN=CC1=C([C@H]1CC[C@@H]3C[C@H](O)C(=O)N3C1)N=C2c1ccc(C(=O)Nc2cc(C(F)(F)F)ccn2)cc1. The molecule has 2 fully saturated rings. The predicted molar refractivity (Wildman–Crippen MR) is 138 cm³/mol. The van der Waals surface area contributed by atoms with Crippen LogP contribution in [0.3, 0.4) is 0 Å². The first-order chi connectivity index (χ1) is 19.0. The summed E-state index contributed by atoms with van der Waals surface area (Å²) in [5.74, 6) is 6.11. The Morgan fingerprint density at radius 2 is 1.95 bits per heavy atom. The van der Waals surface area contributed by atoms with Gasteiger partial charge in [-0.2, -0.15) is 24.0 Å². The van der Waals surface area contributed by atoms with Gasteiger partial charge in [-0.1, -0.05) is 0 Å². The maximum atomic E-state index is 13.0. The maximum absolute atomic E-state index is 13.0. The zero-order valence-electron chi connectivity index (χ0n) is 21.0. The Kier molecular flexibility index (Phi) is 6.16. The van der Waals surface area contributed by atoms with E-state index in [1.54, 1.807) is 35.6 Å². The molecular weight excluding hydrogens is 527 g/mol. The number of aliphatic hydroxyl groups excluding tert-OH is 1. The molecule has 2 aromatic rings. The topological polar surface area (TPSA) is 133 Å². The van der Waals surface area contributed by atoms with Crippen molar-refractivity contribution in [2.24, 2.45) is 21.7 Å². The molecule has 0 bridgehead atoms. The molecule has 4 aliphatic heterocycles. The second-order valence-electron chi connectivity index (χ2n) is 10.2. The number of nitrogens with two attached hydrogens (primary N) is 1. The summed E-state index contributed by atoms with van der Waals surface area (Å²) in [5.41, 5.74) is 1.31. The molecule has 0 spiro atoms. The molecule has 40 heavy (non-hydrogen) atoms. The minimum Gasteiger partial charge on any atom is -0.383 e. The van der Waals surface area contributed by atoms with E-state index >= 15 is 0 Å². The van der Waals surface area contributed by atoms with Gasteiger partial charge in [-0.3, -0.25) is 14.6 Å². The number of aliphatic hydroxyl groups is 1. The van der Waals surface area contributed by atoms with Gasteiger partial charge in [0, 0.05) is 36.7 Å². The van der Waals surface area contributed by atoms with Gasteiger partial charge >= 0.3 is 6.18 Å². The van der Waals surface area contributed by atoms with Crippen LogP contribution < -0.4 is 11.2 Å². The van der Waals surface area contributed by atoms with E-state index in [9.17, 15) is 27.9 Å². The van der Waals surface area contributed by atoms with Crippen LogP contribution in [-0.4, -0.2) is 62.1 Å². The van der Waals surface area contributed by atoms with Crippen LogP contribution in [0, 0.1) is 5.92 Å². The lowest BCUT2D eigenvalue weighted by Gasteiger charge is -2.34. The summed E-state index contributed by atoms with van der Waals surface area (Å²) in [6.07, 6.45) is 2.34. The number of amides is 2. The number of quaternary nitrogens is 1. The van der Waals surface area contributed by atoms with Gasteiger partial charge in [-0.15, -0.1) is 4.59 Å². The first-order valence-corrected chi connectivity index (χ1v) is 12.7. The van der Waals surface area contributed by atoms with E-state index in [4.69, 9.17) is 10.8 Å². The number of aliphatic imine (C=N–C) groups is 2. The van der Waals surface area contributed by atoms with Crippen LogP contribution in [0.15, 0.2) is 76.4 Å². The number of nitrogens with zero attached hydrogens (tertiary/aromatic N) is 5. The van der Waals surface area contributed by atoms with E-state index in [0.29, 0.717) is 30.1 Å². The molecule has 4 atom stereocenters. The maximum Gasteiger partial charge on any atom is 0.416 e. The third-order valence-corrected chi connectivity index (χ3v) is 7.71. The number of fused-ring (bicyclic) bond motifs is 2. The summed E-state index contributed by atoms with van der Waals surface area (Å²) in [7, 11) is 0. The van der Waals surface area contributed by atoms with Crippen molar-refractivity contribution in [3.8, 4) is 0 Å². The van der Waals surface area contributed by atoms with E-state index in [2.05, 4.69) is 15.3 Å². The van der Waals surface area contributed by atoms with Crippen molar-refractivity contribution in [1.29, 1.82) is 0 Å². The summed E-state index contributed by atoms with van der Waals surface area (Å²) in [4.78, 5) is 39.9. The molecule has 206 valence electrons. The van der Waals surface area contributed by atoms with Crippen LogP contribution in [0.4, 0.5) is 19.0 Å². The monoisotopic (exact) mass is 552 g/mol. The second kappa shape index (κ2) is 9.47. The number of alkyl halides is 3. The molecule has 0 radical (unpaired) electrons. The highest BCUT2D eigenvalue weighted by molar-refractivity contribution is 6.05. The molecule has 4 aliphatic rings. The Labute approximate surface area is 226 Å². The molecule has 1 aromatic heterocycles. The summed E-state index contributed by atoms with van der Waals surface area (Å²) < 4.78 is 38.8. The number of carbonyl (C=O) groups is 2. The van der Waals surface area contributed by atoms with Crippen molar-refractivity contribution in [2.75, 3.05) is 11.9 Å². The van der Waals surface area contributed by atoms with E-state index < -0.39 is 23.8 Å². The Bertz CT molecular complexity index is 1520. The fraction of sp³-hybridized carbons (Fsp3) is 0.296. The minimum atomic E-state index is -4.56. The second-order valence-corrected chi connectivity index (χ2v) is 10.2. The van der Waals surface area contributed by atoms with Gasteiger partial charge in [0.25, 0.3) is 17.6 Å². The molecule has 4 N–H and O–H groups in total. The number of nitrogens with one attached hydrogen (secondary N) is 1. The number of carbonyl (C=O) groups excluding carboxylic acids is 2. The normalized spacial score (nSPS) is 27.5. The number of rotatable bonds is 4. The average Bonchev–Trinajstić information content (AvgIpc) is 3.40. The summed E-state index contributed by atoms with van der Waals surface area (Å²) in [6, 6.07) is 8.01. The van der Waals surface area contributed by atoms with Crippen molar-refractivity contribution in [2.45, 2.75) is 37.6 Å². The number of aromatic nitrogens is 1. The van der Waals surface area contributed by atoms with Crippen LogP contribution in [-0.2, 0) is 11.0 Å². The van der Waals surface area contributed by atoms with Crippen molar-refractivity contribution in [3.63, 3.8) is 0 Å². The Morgan fingerprint density at radius 3 is 2.70 bits per heavy atom. The molecule has 2 amide bonds. The lowest BCUT2D eigenvalue weighted by molar-refractivity contribution is -0.750. The number of hydrogen-bond donors (Lipinski definition) is 3. The highest BCUT2D eigenvalue weighted by Crippen LogP contribution is 2.40. The summed E-state index contributed by atoms with van der Waals surface area (Å²) in [6.45, 7) is 0.427. The first kappa shape index (κ1) is 26.0. The number of amidine groups is 1. The van der Waals surface area contributed by atoms with Gasteiger partial charge < -0.3 is 15.3 Å². The van der Waals surface area contributed by atoms with Gasteiger partial charge in [0.2, 0.25) is 5.70 Å². The molecule has 0 saturated carbocycles. The third kappa shape index (κ3) is 4.41. The van der Waals surface area contributed by atoms with E-state index in [-0.39, 0.29) is 33.8 Å². The van der Waals surface area contributed by atoms with Crippen molar-refractivity contribution >= 4 is 29.7 Å². The fourth-order valence-electron chi connectivity index (χ4n) is 5.66. The van der Waals surface area contributed by atoms with Crippen LogP contribution >= 0.6 is 0 Å². The highest BCUT2D eigenvalue weighted by atomic mass is 19.4. The zero-order valence-corrected chi connectivity index (χ0v) is 21.0. The molecular formula is C27H25F3N7O3+. The highest BCUT2D eigenvalue weighted by Gasteiger charge is 2.49. The summed E-state index contributed by atoms with van der Waals surface area (Å²) in [5, 5.41) is 12.4. The molecule has 5 heterocycles. The number of benzene rings is 1. The third-order valence-electron chi connectivity index (χ3n) is 7.71. The number of hydrogen-bond acceptors (Lipinski definition) is 7. The predicted octanol–water partition coefficient (Wildman–Crippen LogP) is 2.94. The lowest BCUT2D eigenvalue weighted by Crippen LogP contribution is -2.53. The van der Waals surface area contributed by atoms with E-state index in [1.165, 1.54) is 12.1 Å². The Hall–Kier alpha value is -4.20. The quantitative estimate of drug-likeness (QED) is 0.396. The van der Waals surface area contributed by atoms with Gasteiger partial charge in [0.15, 0.2) is 0 Å². The summed E-state index contributed by atoms with van der Waals surface area (Å²) >= 11 is 0. The van der Waals surface area contributed by atoms with E-state index in [0.717, 1.165) is 36.9 Å². The standard InChI is InChI=1S/C27H24F3N7O3/c28-27(29,30)18-7-8-33-22(11-18)34-25(39)16-3-1-15(2-4-16)24-35-23(20-13-32-9-10-37(20,24)31)17-5-6-19-12-21(38)26(40)36(19)14-17/h1-4,7-11,13,17,19,21,38H,5-6,12,14,31H2/p+1/t17-,19+,21-,37?/m0/s1. The van der Waals surface area contributed by atoms with Crippen LogP contribution in [0.1, 0.15) is 40.7 Å². The van der Waals surface area contributed by atoms with Crippen LogP contribution in [0.5, 0.6) is 0 Å². The molecule has 2 saturated heterocycles. The molecule has 10 nitrogen and oxygen atoms in total. The molecule has 1 aromatic carbocycles. The van der Waals surface area contributed by atoms with Crippen molar-refractivity contribution in [3.05, 3.63) is 83.1 Å². The molecule has 1 unspecified atom stereocenters. The largest absolute Gasteiger partial charge is 0.416 e. The average molecular weight is 553 g/mol. The fourth-order valence-corrected chi connectivity index (χ4v) is 5.66. The first-order valence-electron chi connectivity index (χ1n) is 12.7. The van der Waals surface area contributed by atoms with Crippen LogP contribution in [0.2, 0.25) is 0 Å². The molecule has 0 aliphatic carbocycles. The smallest absolute Gasteiger partial charge is 0.383 e. The number of pyridine rings is 1. The Balaban J connectivity index is 1.24. The Morgan fingerprint density at radius 1 is 1.18 bits per heavy atom. The number of halogens is 3. The van der Waals surface area contributed by atoms with Gasteiger partial charge in [0.05, 0.1) is 23.5 Å². The number of allylic oxidation sites excluding steroid dienone is 1. The van der Waals surface area contributed by atoms with E-state index in [1.807, 2.05) is 0 Å².